The Kier molecular flexibility index (Phi) is 4.14. The van der Waals surface area contributed by atoms with Crippen LogP contribution in [0, 0.1) is 0 Å². The number of ketones is 2. The summed E-state index contributed by atoms with van der Waals surface area (Å²) < 4.78 is 3.74. The predicted octanol–water partition coefficient (Wildman–Crippen LogP) is 1.77. The fraction of sp³-hybridized carbons (Fsp3) is 0.273. The van der Waals surface area contributed by atoms with Crippen LogP contribution in [0.25, 0.3) is 0 Å². The molecule has 2 atom stereocenters. The van der Waals surface area contributed by atoms with Gasteiger partial charge in [-0.3, -0.25) is 9.59 Å². The van der Waals surface area contributed by atoms with E-state index in [4.69, 9.17) is 11.6 Å². The van der Waals surface area contributed by atoms with Crippen molar-refractivity contribution in [1.82, 2.24) is 13.9 Å². The number of hydrogen-bond acceptors (Lipinski definition) is 5. The number of phenols is 1. The Labute approximate surface area is 181 Å². The number of phenolic OH excluding ortho intramolecular Hbond substituents is 1. The second-order valence-electron chi connectivity index (χ2n) is 8.03. The normalized spacial score (nSPS) is 22.5. The number of Topliss-reactive ketones (excluding diaryl/α,β-unsaturated/α-hetero) is 1. The summed E-state index contributed by atoms with van der Waals surface area (Å²) >= 11 is 6.46. The molecule has 158 valence electrons. The Morgan fingerprint density at radius 2 is 1.87 bits per heavy atom. The molecule has 31 heavy (non-hydrogen) atoms. The molecule has 1 N–H and O–H groups in total. The number of aromatic hydroxyl groups is 1. The zero-order chi connectivity index (χ0) is 22.2. The number of aromatic nitrogens is 3. The highest BCUT2D eigenvalue weighted by molar-refractivity contribution is 6.32. The van der Waals surface area contributed by atoms with E-state index in [1.165, 1.54) is 34.6 Å². The van der Waals surface area contributed by atoms with Gasteiger partial charge in [-0.05, 0) is 36.3 Å². The van der Waals surface area contributed by atoms with Gasteiger partial charge >= 0.3 is 11.4 Å². The zero-order valence-electron chi connectivity index (χ0n) is 16.8. The standard InChI is InChI=1S/C22H18ClN3O5/c1-10-7-17(28)14-9-16-13(5-6-25-21(30)24(2)22(31)26(16)25)18(19(14)20(10)29)12-4-3-11(27)8-15(12)23/h3-5,7-8,16,18,27H,6,9H2,1-2H3/t16-,18+/m1/s1. The average Bonchev–Trinajstić information content (AvgIpc) is 2.95. The first-order valence-electron chi connectivity index (χ1n) is 9.77. The van der Waals surface area contributed by atoms with Gasteiger partial charge in [-0.15, -0.1) is 0 Å². The Hall–Kier alpha value is -3.39. The van der Waals surface area contributed by atoms with E-state index in [1.807, 2.05) is 6.08 Å². The number of rotatable bonds is 1. The van der Waals surface area contributed by atoms with E-state index in [2.05, 4.69) is 0 Å². The molecule has 8 nitrogen and oxygen atoms in total. The summed E-state index contributed by atoms with van der Waals surface area (Å²) in [6.45, 7) is 1.76. The van der Waals surface area contributed by atoms with Gasteiger partial charge in [0.05, 0.1) is 12.6 Å². The number of benzene rings is 1. The van der Waals surface area contributed by atoms with Crippen molar-refractivity contribution >= 4 is 23.2 Å². The van der Waals surface area contributed by atoms with Gasteiger partial charge in [0.2, 0.25) is 0 Å². The molecule has 0 spiro atoms. The molecule has 1 aromatic carbocycles. The lowest BCUT2D eigenvalue weighted by molar-refractivity contribution is -0.116. The lowest BCUT2D eigenvalue weighted by Gasteiger charge is -2.39. The summed E-state index contributed by atoms with van der Waals surface area (Å²) in [4.78, 5) is 51.4. The highest BCUT2D eigenvalue weighted by atomic mass is 35.5. The van der Waals surface area contributed by atoms with Crippen LogP contribution in [0.15, 0.2) is 62.2 Å². The van der Waals surface area contributed by atoms with Gasteiger partial charge in [0, 0.05) is 41.1 Å². The second-order valence-corrected chi connectivity index (χ2v) is 8.43. The van der Waals surface area contributed by atoms with Crippen LogP contribution >= 0.6 is 11.6 Å². The van der Waals surface area contributed by atoms with Crippen LogP contribution in [0.4, 0.5) is 0 Å². The smallest absolute Gasteiger partial charge is 0.347 e. The third-order valence-corrected chi connectivity index (χ3v) is 6.65. The Morgan fingerprint density at radius 1 is 1.13 bits per heavy atom. The summed E-state index contributed by atoms with van der Waals surface area (Å²) in [5.41, 5.74) is 1.37. The van der Waals surface area contributed by atoms with Crippen LogP contribution in [0.3, 0.4) is 0 Å². The van der Waals surface area contributed by atoms with Gasteiger partial charge < -0.3 is 5.11 Å². The minimum Gasteiger partial charge on any atom is -0.508 e. The monoisotopic (exact) mass is 439 g/mol. The minimum absolute atomic E-state index is 0.0248. The number of hydrogen-bond donors (Lipinski definition) is 1. The van der Waals surface area contributed by atoms with Gasteiger partial charge in [-0.2, -0.15) is 0 Å². The zero-order valence-corrected chi connectivity index (χ0v) is 17.5. The van der Waals surface area contributed by atoms with Gasteiger partial charge in [0.1, 0.15) is 5.75 Å². The SMILES string of the molecule is CC1=CC(=O)C2=C(C1=O)[C@@H](c1ccc(O)cc1Cl)C1=CCn3c(=O)n(C)c(=O)n3[C@@H]1C2. The van der Waals surface area contributed by atoms with Crippen LogP contribution < -0.4 is 11.4 Å². The van der Waals surface area contributed by atoms with E-state index in [0.29, 0.717) is 22.3 Å². The molecule has 0 radical (unpaired) electrons. The first-order valence-corrected chi connectivity index (χ1v) is 10.2. The van der Waals surface area contributed by atoms with Crippen molar-refractivity contribution in [2.75, 3.05) is 0 Å². The maximum Gasteiger partial charge on any atom is 0.347 e. The van der Waals surface area contributed by atoms with E-state index >= 15 is 0 Å². The number of fused-ring (bicyclic) bond motifs is 3. The van der Waals surface area contributed by atoms with Crippen LogP contribution in [0.5, 0.6) is 5.75 Å². The molecule has 0 bridgehead atoms. The molecule has 3 aliphatic rings. The summed E-state index contributed by atoms with van der Waals surface area (Å²) in [7, 11) is 1.41. The third kappa shape index (κ3) is 2.61. The number of carbonyl (C=O) groups is 2. The molecule has 0 fully saturated rings. The van der Waals surface area contributed by atoms with E-state index in [1.54, 1.807) is 13.0 Å². The average molecular weight is 440 g/mol. The Balaban J connectivity index is 1.81. The number of halogens is 1. The van der Waals surface area contributed by atoms with Crippen LogP contribution in [-0.4, -0.2) is 30.6 Å². The molecule has 1 aliphatic heterocycles. The Morgan fingerprint density at radius 3 is 2.58 bits per heavy atom. The molecule has 1 aromatic heterocycles. The Bertz CT molecular complexity index is 1420. The topological polar surface area (TPSA) is 103 Å². The number of allylic oxidation sites excluding steroid dienone is 6. The van der Waals surface area contributed by atoms with Crippen molar-refractivity contribution in [3.05, 3.63) is 84.2 Å². The van der Waals surface area contributed by atoms with E-state index in [9.17, 15) is 24.3 Å². The summed E-state index contributed by atoms with van der Waals surface area (Å²) in [6.07, 6.45) is 3.27. The summed E-state index contributed by atoms with van der Waals surface area (Å²) in [5.74, 6) is -1.22. The molecule has 0 amide bonds. The summed E-state index contributed by atoms with van der Waals surface area (Å²) in [6, 6.07) is 3.87. The molecule has 0 unspecified atom stereocenters. The van der Waals surface area contributed by atoms with Gasteiger partial charge in [-0.25, -0.2) is 23.5 Å². The molecule has 2 aliphatic carbocycles. The molecule has 2 heterocycles. The maximum atomic E-state index is 13.2. The first kappa shape index (κ1) is 19.6. The molecular weight excluding hydrogens is 422 g/mol. The maximum absolute atomic E-state index is 13.2. The number of nitrogens with zero attached hydrogens (tertiary/aromatic N) is 3. The van der Waals surface area contributed by atoms with Crippen molar-refractivity contribution in [1.29, 1.82) is 0 Å². The molecule has 0 saturated heterocycles. The van der Waals surface area contributed by atoms with Crippen molar-refractivity contribution in [3.8, 4) is 5.75 Å². The van der Waals surface area contributed by atoms with Crippen LogP contribution in [0.1, 0.15) is 30.9 Å². The van der Waals surface area contributed by atoms with Gasteiger partial charge in [-0.1, -0.05) is 23.7 Å². The highest BCUT2D eigenvalue weighted by Crippen LogP contribution is 2.51. The van der Waals surface area contributed by atoms with Crippen LogP contribution in [-0.2, 0) is 23.2 Å². The van der Waals surface area contributed by atoms with Crippen molar-refractivity contribution in [2.45, 2.75) is 31.8 Å². The molecule has 5 rings (SSSR count). The fourth-order valence-electron chi connectivity index (χ4n) is 4.85. The fourth-order valence-corrected chi connectivity index (χ4v) is 5.13. The van der Waals surface area contributed by atoms with Gasteiger partial charge in [0.15, 0.2) is 11.6 Å². The van der Waals surface area contributed by atoms with Gasteiger partial charge in [0.25, 0.3) is 0 Å². The molecule has 2 aromatic rings. The lowest BCUT2D eigenvalue weighted by Crippen LogP contribution is -2.40. The van der Waals surface area contributed by atoms with Crippen LogP contribution in [0.2, 0.25) is 5.02 Å². The van der Waals surface area contributed by atoms with E-state index < -0.39 is 23.3 Å². The quantitative estimate of drug-likeness (QED) is 0.538. The first-order chi connectivity index (χ1) is 14.7. The second kappa shape index (κ2) is 6.55. The van der Waals surface area contributed by atoms with E-state index in [0.717, 1.165) is 10.1 Å². The third-order valence-electron chi connectivity index (χ3n) is 6.32. The largest absolute Gasteiger partial charge is 0.508 e. The highest BCUT2D eigenvalue weighted by Gasteiger charge is 2.45. The van der Waals surface area contributed by atoms with E-state index in [-0.39, 0.29) is 35.3 Å². The van der Waals surface area contributed by atoms with Crippen molar-refractivity contribution < 1.29 is 14.7 Å². The van der Waals surface area contributed by atoms with Crippen molar-refractivity contribution in [3.63, 3.8) is 0 Å². The summed E-state index contributed by atoms with van der Waals surface area (Å²) in [5, 5.41) is 10.1. The minimum atomic E-state index is -0.669. The molecule has 9 heteroatoms. The predicted molar refractivity (Wildman–Crippen MR) is 112 cm³/mol. The molecule has 0 saturated carbocycles. The lowest BCUT2D eigenvalue weighted by atomic mass is 9.68. The number of carbonyl (C=O) groups excluding carboxylic acids is 2. The molecular formula is C22H18ClN3O5. The van der Waals surface area contributed by atoms with Crippen molar-refractivity contribution in [2.24, 2.45) is 7.05 Å².